The summed E-state index contributed by atoms with van der Waals surface area (Å²) in [7, 11) is 0. The van der Waals surface area contributed by atoms with E-state index in [0.717, 1.165) is 56.9 Å². The molecule has 1 amide bonds. The number of carbonyl (C=O) groups excluding carboxylic acids is 1. The van der Waals surface area contributed by atoms with Crippen LogP contribution in [0.4, 0.5) is 0 Å². The summed E-state index contributed by atoms with van der Waals surface area (Å²) >= 11 is 0. The first-order chi connectivity index (χ1) is 12.1. The molecule has 5 nitrogen and oxygen atoms in total. The molecule has 0 saturated carbocycles. The fraction of sp³-hybridized carbons (Fsp3) is 0.650. The maximum atomic E-state index is 13.0. The highest BCUT2D eigenvalue weighted by atomic mass is 16.5. The summed E-state index contributed by atoms with van der Waals surface area (Å²) in [4.78, 5) is 17.4. The zero-order chi connectivity index (χ0) is 17.8. The standard InChI is InChI=1S/C20H30N2O3/c1-3-16-12-22(20(24)17-6-4-5-15(2)11-17)19(14-23)18(16)13-21-7-9-25-10-8-21/h4-6,11,16,18-19,23H,3,7-10,12-14H2,1-2H3/t16-,18-,19-/m1/s1. The second-order valence-corrected chi connectivity index (χ2v) is 7.32. The van der Waals surface area contributed by atoms with Gasteiger partial charge in [0.1, 0.15) is 0 Å². The maximum absolute atomic E-state index is 13.0. The van der Waals surface area contributed by atoms with Gasteiger partial charge in [-0.15, -0.1) is 0 Å². The molecule has 5 heteroatoms. The highest BCUT2D eigenvalue weighted by Gasteiger charge is 2.43. The molecule has 2 fully saturated rings. The van der Waals surface area contributed by atoms with E-state index in [-0.39, 0.29) is 18.6 Å². The second-order valence-electron chi connectivity index (χ2n) is 7.32. The van der Waals surface area contributed by atoms with Crippen molar-refractivity contribution in [3.8, 4) is 0 Å². The SMILES string of the molecule is CC[C@@H]1CN(C(=O)c2cccc(C)c2)[C@H](CO)[C@@H]1CN1CCOCC1. The van der Waals surface area contributed by atoms with Gasteiger partial charge in [-0.3, -0.25) is 9.69 Å². The van der Waals surface area contributed by atoms with Gasteiger partial charge in [-0.05, 0) is 30.9 Å². The molecule has 0 bridgehead atoms. The minimum Gasteiger partial charge on any atom is -0.394 e. The second kappa shape index (κ2) is 8.30. The smallest absolute Gasteiger partial charge is 0.254 e. The van der Waals surface area contributed by atoms with Crippen LogP contribution in [0.5, 0.6) is 0 Å². The van der Waals surface area contributed by atoms with Gasteiger partial charge in [0, 0.05) is 31.7 Å². The van der Waals surface area contributed by atoms with Crippen LogP contribution in [0.3, 0.4) is 0 Å². The first-order valence-electron chi connectivity index (χ1n) is 9.42. The summed E-state index contributed by atoms with van der Waals surface area (Å²) in [6.45, 7) is 9.33. The largest absolute Gasteiger partial charge is 0.394 e. The summed E-state index contributed by atoms with van der Waals surface area (Å²) in [5, 5.41) is 10.1. The molecule has 3 atom stereocenters. The molecule has 0 unspecified atom stereocenters. The normalized spacial score (nSPS) is 27.6. The Bertz CT molecular complexity index is 586. The van der Waals surface area contributed by atoms with Crippen molar-refractivity contribution in [2.75, 3.05) is 46.0 Å². The molecule has 2 aliphatic heterocycles. The Labute approximate surface area is 150 Å². The summed E-state index contributed by atoms with van der Waals surface area (Å²) in [5.41, 5.74) is 1.81. The zero-order valence-corrected chi connectivity index (χ0v) is 15.4. The Balaban J connectivity index is 1.76. The van der Waals surface area contributed by atoms with Crippen molar-refractivity contribution in [1.29, 1.82) is 0 Å². The van der Waals surface area contributed by atoms with Gasteiger partial charge in [-0.1, -0.05) is 31.0 Å². The highest BCUT2D eigenvalue weighted by molar-refractivity contribution is 5.94. The number of likely N-dealkylation sites (tertiary alicyclic amines) is 1. The van der Waals surface area contributed by atoms with E-state index in [9.17, 15) is 9.90 Å². The highest BCUT2D eigenvalue weighted by Crippen LogP contribution is 2.34. The van der Waals surface area contributed by atoms with Crippen LogP contribution < -0.4 is 0 Å². The number of aryl methyl sites for hydroxylation is 1. The molecule has 3 rings (SSSR count). The number of hydrogen-bond donors (Lipinski definition) is 1. The van der Waals surface area contributed by atoms with E-state index >= 15 is 0 Å². The van der Waals surface area contributed by atoms with E-state index in [1.165, 1.54) is 0 Å². The molecule has 2 saturated heterocycles. The predicted octanol–water partition coefficient (Wildman–Crippen LogP) is 1.79. The van der Waals surface area contributed by atoms with Gasteiger partial charge >= 0.3 is 0 Å². The number of aliphatic hydroxyl groups is 1. The third kappa shape index (κ3) is 4.05. The van der Waals surface area contributed by atoms with Gasteiger partial charge in [0.15, 0.2) is 0 Å². The Hall–Kier alpha value is -1.43. The van der Waals surface area contributed by atoms with E-state index in [0.29, 0.717) is 11.8 Å². The summed E-state index contributed by atoms with van der Waals surface area (Å²) in [5.74, 6) is 0.807. The Morgan fingerprint density at radius 3 is 2.72 bits per heavy atom. The molecular weight excluding hydrogens is 316 g/mol. The first kappa shape index (κ1) is 18.4. The number of rotatable bonds is 5. The van der Waals surface area contributed by atoms with E-state index in [2.05, 4.69) is 11.8 Å². The van der Waals surface area contributed by atoms with Crippen molar-refractivity contribution >= 4 is 5.91 Å². The number of nitrogens with zero attached hydrogens (tertiary/aromatic N) is 2. The predicted molar refractivity (Wildman–Crippen MR) is 97.6 cm³/mol. The number of ether oxygens (including phenoxy) is 1. The van der Waals surface area contributed by atoms with Crippen LogP contribution in [-0.2, 0) is 4.74 Å². The number of morpholine rings is 1. The number of hydrogen-bond acceptors (Lipinski definition) is 4. The fourth-order valence-corrected chi connectivity index (χ4v) is 4.26. The molecule has 2 heterocycles. The van der Waals surface area contributed by atoms with Crippen molar-refractivity contribution in [1.82, 2.24) is 9.80 Å². The van der Waals surface area contributed by atoms with Crippen LogP contribution in [0.25, 0.3) is 0 Å². The average molecular weight is 346 g/mol. The topological polar surface area (TPSA) is 53.0 Å². The molecule has 2 aliphatic rings. The lowest BCUT2D eigenvalue weighted by Gasteiger charge is -2.33. The summed E-state index contributed by atoms with van der Waals surface area (Å²) < 4.78 is 5.44. The summed E-state index contributed by atoms with van der Waals surface area (Å²) in [6.07, 6.45) is 1.03. The Kier molecular flexibility index (Phi) is 6.10. The molecule has 1 aromatic rings. The Morgan fingerprint density at radius 2 is 2.08 bits per heavy atom. The minimum atomic E-state index is -0.0965. The molecule has 1 N–H and O–H groups in total. The van der Waals surface area contributed by atoms with Crippen molar-refractivity contribution in [2.24, 2.45) is 11.8 Å². The van der Waals surface area contributed by atoms with E-state index in [1.54, 1.807) is 0 Å². The van der Waals surface area contributed by atoms with Crippen molar-refractivity contribution in [3.63, 3.8) is 0 Å². The van der Waals surface area contributed by atoms with Crippen LogP contribution in [0, 0.1) is 18.8 Å². The van der Waals surface area contributed by atoms with Gasteiger partial charge < -0.3 is 14.7 Å². The molecule has 25 heavy (non-hydrogen) atoms. The number of carbonyl (C=O) groups is 1. The van der Waals surface area contributed by atoms with Crippen LogP contribution in [0.1, 0.15) is 29.3 Å². The van der Waals surface area contributed by atoms with Crippen LogP contribution >= 0.6 is 0 Å². The van der Waals surface area contributed by atoms with Gasteiger partial charge in [0.25, 0.3) is 5.91 Å². The van der Waals surface area contributed by atoms with Gasteiger partial charge in [-0.2, -0.15) is 0 Å². The van der Waals surface area contributed by atoms with E-state index in [1.807, 2.05) is 36.1 Å². The minimum absolute atomic E-state index is 0.0308. The maximum Gasteiger partial charge on any atom is 0.254 e. The van der Waals surface area contributed by atoms with Crippen molar-refractivity contribution in [2.45, 2.75) is 26.3 Å². The number of benzene rings is 1. The lowest BCUT2D eigenvalue weighted by Crippen LogP contribution is -2.46. The lowest BCUT2D eigenvalue weighted by atomic mass is 9.88. The molecule has 0 aromatic heterocycles. The van der Waals surface area contributed by atoms with Crippen LogP contribution in [0.15, 0.2) is 24.3 Å². The fourth-order valence-electron chi connectivity index (χ4n) is 4.26. The van der Waals surface area contributed by atoms with Crippen LogP contribution in [-0.4, -0.2) is 72.9 Å². The summed E-state index contributed by atoms with van der Waals surface area (Å²) in [6, 6.07) is 7.64. The number of aliphatic hydroxyl groups excluding tert-OH is 1. The third-order valence-corrected chi connectivity index (χ3v) is 5.74. The molecule has 138 valence electrons. The van der Waals surface area contributed by atoms with Gasteiger partial charge in [0.2, 0.25) is 0 Å². The Morgan fingerprint density at radius 1 is 1.32 bits per heavy atom. The zero-order valence-electron chi connectivity index (χ0n) is 15.4. The molecular formula is C20H30N2O3. The van der Waals surface area contributed by atoms with Crippen molar-refractivity contribution in [3.05, 3.63) is 35.4 Å². The average Bonchev–Trinajstić information content (AvgIpc) is 2.99. The third-order valence-electron chi connectivity index (χ3n) is 5.74. The quantitative estimate of drug-likeness (QED) is 0.883. The first-order valence-corrected chi connectivity index (χ1v) is 9.42. The van der Waals surface area contributed by atoms with Crippen LogP contribution in [0.2, 0.25) is 0 Å². The number of amides is 1. The molecule has 1 aromatic carbocycles. The lowest BCUT2D eigenvalue weighted by molar-refractivity contribution is 0.0206. The monoisotopic (exact) mass is 346 g/mol. The van der Waals surface area contributed by atoms with Gasteiger partial charge in [0.05, 0.1) is 25.9 Å². The molecule has 0 aliphatic carbocycles. The van der Waals surface area contributed by atoms with E-state index < -0.39 is 0 Å². The van der Waals surface area contributed by atoms with Crippen molar-refractivity contribution < 1.29 is 14.6 Å². The van der Waals surface area contributed by atoms with E-state index in [4.69, 9.17) is 4.74 Å². The molecule has 0 radical (unpaired) electrons. The van der Waals surface area contributed by atoms with Gasteiger partial charge in [-0.25, -0.2) is 0 Å². The molecule has 0 spiro atoms.